The second kappa shape index (κ2) is 6.19. The molecule has 2 aromatic carbocycles. The van der Waals surface area contributed by atoms with Gasteiger partial charge in [-0.3, -0.25) is 4.79 Å². The van der Waals surface area contributed by atoms with Crippen LogP contribution in [0.2, 0.25) is 0 Å². The van der Waals surface area contributed by atoms with Gasteiger partial charge in [0.2, 0.25) is 0 Å². The smallest absolute Gasteiger partial charge is 0.255 e. The summed E-state index contributed by atoms with van der Waals surface area (Å²) >= 11 is 0. The van der Waals surface area contributed by atoms with Crippen LogP contribution in [0.15, 0.2) is 42.5 Å². The Balaban J connectivity index is 2.13. The minimum Gasteiger partial charge on any atom is -0.494 e. The molecule has 2 aromatic rings. The Morgan fingerprint density at radius 1 is 1.20 bits per heavy atom. The van der Waals surface area contributed by atoms with Crippen LogP contribution >= 0.6 is 0 Å². The topological polar surface area (TPSA) is 38.3 Å². The SMILES string of the molecule is CCOc1ccc(C(=O)Nc2cc(F)ccc2C)cc1. The zero-order valence-corrected chi connectivity index (χ0v) is 11.4. The third-order valence-electron chi connectivity index (χ3n) is 2.88. The van der Waals surface area contributed by atoms with Crippen molar-refractivity contribution in [3.63, 3.8) is 0 Å². The molecule has 0 radical (unpaired) electrons. The number of aryl methyl sites for hydroxylation is 1. The minimum atomic E-state index is -0.377. The van der Waals surface area contributed by atoms with Gasteiger partial charge in [-0.25, -0.2) is 4.39 Å². The summed E-state index contributed by atoms with van der Waals surface area (Å²) in [5.74, 6) is 0.0605. The van der Waals surface area contributed by atoms with E-state index in [1.165, 1.54) is 12.1 Å². The lowest BCUT2D eigenvalue weighted by atomic mass is 10.1. The van der Waals surface area contributed by atoms with Crippen LogP contribution in [0.5, 0.6) is 5.75 Å². The zero-order valence-electron chi connectivity index (χ0n) is 11.4. The predicted molar refractivity (Wildman–Crippen MR) is 76.7 cm³/mol. The van der Waals surface area contributed by atoms with E-state index in [4.69, 9.17) is 4.74 Å². The number of ether oxygens (including phenoxy) is 1. The number of carbonyl (C=O) groups is 1. The maximum absolute atomic E-state index is 13.2. The van der Waals surface area contributed by atoms with Crippen LogP contribution in [0.1, 0.15) is 22.8 Å². The van der Waals surface area contributed by atoms with Gasteiger partial charge < -0.3 is 10.1 Å². The first kappa shape index (κ1) is 14.1. The van der Waals surface area contributed by atoms with Crippen molar-refractivity contribution in [3.05, 3.63) is 59.4 Å². The molecule has 0 heterocycles. The number of carbonyl (C=O) groups excluding carboxylic acids is 1. The molecule has 20 heavy (non-hydrogen) atoms. The number of anilines is 1. The fraction of sp³-hybridized carbons (Fsp3) is 0.188. The Kier molecular flexibility index (Phi) is 4.35. The lowest BCUT2D eigenvalue weighted by molar-refractivity contribution is 0.102. The summed E-state index contributed by atoms with van der Waals surface area (Å²) < 4.78 is 18.5. The summed E-state index contributed by atoms with van der Waals surface area (Å²) in [6.07, 6.45) is 0. The molecule has 0 aliphatic rings. The van der Waals surface area contributed by atoms with Crippen LogP contribution in [-0.2, 0) is 0 Å². The van der Waals surface area contributed by atoms with Crippen molar-refractivity contribution >= 4 is 11.6 Å². The molecule has 0 atom stereocenters. The number of amides is 1. The molecule has 0 saturated heterocycles. The van der Waals surface area contributed by atoms with E-state index in [0.29, 0.717) is 23.6 Å². The van der Waals surface area contributed by atoms with Gasteiger partial charge in [0.15, 0.2) is 0 Å². The van der Waals surface area contributed by atoms with Gasteiger partial charge in [-0.1, -0.05) is 6.07 Å². The van der Waals surface area contributed by atoms with Gasteiger partial charge in [0, 0.05) is 11.3 Å². The number of benzene rings is 2. The van der Waals surface area contributed by atoms with Gasteiger partial charge in [0.25, 0.3) is 5.91 Å². The highest BCUT2D eigenvalue weighted by molar-refractivity contribution is 6.04. The van der Waals surface area contributed by atoms with Crippen LogP contribution in [0.25, 0.3) is 0 Å². The summed E-state index contributed by atoms with van der Waals surface area (Å²) in [6.45, 7) is 4.29. The Morgan fingerprint density at radius 3 is 2.55 bits per heavy atom. The normalized spacial score (nSPS) is 10.2. The molecular formula is C16H16FNO2. The van der Waals surface area contributed by atoms with E-state index >= 15 is 0 Å². The van der Waals surface area contributed by atoms with E-state index in [2.05, 4.69) is 5.32 Å². The maximum atomic E-state index is 13.2. The van der Waals surface area contributed by atoms with Gasteiger partial charge >= 0.3 is 0 Å². The highest BCUT2D eigenvalue weighted by Crippen LogP contribution is 2.18. The van der Waals surface area contributed by atoms with E-state index in [-0.39, 0.29) is 11.7 Å². The van der Waals surface area contributed by atoms with Gasteiger partial charge in [0.1, 0.15) is 11.6 Å². The van der Waals surface area contributed by atoms with Crippen LogP contribution < -0.4 is 10.1 Å². The Labute approximate surface area is 117 Å². The average Bonchev–Trinajstić information content (AvgIpc) is 2.44. The average molecular weight is 273 g/mol. The predicted octanol–water partition coefficient (Wildman–Crippen LogP) is 3.79. The molecule has 0 unspecified atom stereocenters. The van der Waals surface area contributed by atoms with Crippen LogP contribution in [0.4, 0.5) is 10.1 Å². The lowest BCUT2D eigenvalue weighted by Crippen LogP contribution is -2.12. The first-order valence-electron chi connectivity index (χ1n) is 6.40. The molecule has 0 aromatic heterocycles. The van der Waals surface area contributed by atoms with Crippen LogP contribution in [-0.4, -0.2) is 12.5 Å². The van der Waals surface area contributed by atoms with E-state index in [1.807, 2.05) is 13.8 Å². The van der Waals surface area contributed by atoms with Crippen molar-refractivity contribution < 1.29 is 13.9 Å². The van der Waals surface area contributed by atoms with Crippen molar-refractivity contribution in [3.8, 4) is 5.75 Å². The quantitative estimate of drug-likeness (QED) is 0.920. The largest absolute Gasteiger partial charge is 0.494 e. The molecule has 0 fully saturated rings. The molecule has 104 valence electrons. The summed E-state index contributed by atoms with van der Waals surface area (Å²) in [5.41, 5.74) is 1.78. The standard InChI is InChI=1S/C16H16FNO2/c1-3-20-14-8-5-12(6-9-14)16(19)18-15-10-13(17)7-4-11(15)2/h4-10H,3H2,1-2H3,(H,18,19). The highest BCUT2D eigenvalue weighted by Gasteiger charge is 2.08. The lowest BCUT2D eigenvalue weighted by Gasteiger charge is -2.09. The number of rotatable bonds is 4. The molecule has 0 bridgehead atoms. The molecule has 0 saturated carbocycles. The molecule has 0 aliphatic heterocycles. The fourth-order valence-corrected chi connectivity index (χ4v) is 1.79. The number of nitrogens with one attached hydrogen (secondary N) is 1. The number of hydrogen-bond donors (Lipinski definition) is 1. The van der Waals surface area contributed by atoms with E-state index < -0.39 is 0 Å². The summed E-state index contributed by atoms with van der Waals surface area (Å²) in [5, 5.41) is 2.70. The van der Waals surface area contributed by atoms with Gasteiger partial charge in [-0.15, -0.1) is 0 Å². The van der Waals surface area contributed by atoms with Gasteiger partial charge in [0.05, 0.1) is 6.61 Å². The molecule has 0 spiro atoms. The van der Waals surface area contributed by atoms with Crippen LogP contribution in [0, 0.1) is 12.7 Å². The zero-order chi connectivity index (χ0) is 14.5. The summed E-state index contributed by atoms with van der Waals surface area (Å²) in [7, 11) is 0. The van der Waals surface area contributed by atoms with Crippen molar-refractivity contribution in [2.75, 3.05) is 11.9 Å². The molecule has 1 amide bonds. The monoisotopic (exact) mass is 273 g/mol. The van der Waals surface area contributed by atoms with Gasteiger partial charge in [-0.05, 0) is 55.8 Å². The summed E-state index contributed by atoms with van der Waals surface area (Å²) in [4.78, 5) is 12.1. The number of halogens is 1. The van der Waals surface area contributed by atoms with Gasteiger partial charge in [-0.2, -0.15) is 0 Å². The first-order chi connectivity index (χ1) is 9.60. The van der Waals surface area contributed by atoms with Crippen LogP contribution in [0.3, 0.4) is 0 Å². The second-order valence-electron chi connectivity index (χ2n) is 4.37. The minimum absolute atomic E-state index is 0.276. The third kappa shape index (κ3) is 3.35. The Morgan fingerprint density at radius 2 is 1.90 bits per heavy atom. The maximum Gasteiger partial charge on any atom is 0.255 e. The fourth-order valence-electron chi connectivity index (χ4n) is 1.79. The Hall–Kier alpha value is -2.36. The second-order valence-corrected chi connectivity index (χ2v) is 4.37. The van der Waals surface area contributed by atoms with E-state index in [0.717, 1.165) is 5.56 Å². The van der Waals surface area contributed by atoms with Crippen molar-refractivity contribution in [2.45, 2.75) is 13.8 Å². The molecule has 3 nitrogen and oxygen atoms in total. The third-order valence-corrected chi connectivity index (χ3v) is 2.88. The summed E-state index contributed by atoms with van der Waals surface area (Å²) in [6, 6.07) is 11.1. The first-order valence-corrected chi connectivity index (χ1v) is 6.40. The molecule has 1 N–H and O–H groups in total. The van der Waals surface area contributed by atoms with Crippen molar-refractivity contribution in [2.24, 2.45) is 0 Å². The highest BCUT2D eigenvalue weighted by atomic mass is 19.1. The van der Waals surface area contributed by atoms with Crippen molar-refractivity contribution in [1.29, 1.82) is 0 Å². The van der Waals surface area contributed by atoms with Crippen molar-refractivity contribution in [1.82, 2.24) is 0 Å². The Bertz CT molecular complexity index is 608. The number of hydrogen-bond acceptors (Lipinski definition) is 2. The molecule has 0 aliphatic carbocycles. The molecule has 2 rings (SSSR count). The van der Waals surface area contributed by atoms with E-state index in [9.17, 15) is 9.18 Å². The van der Waals surface area contributed by atoms with E-state index in [1.54, 1.807) is 30.3 Å². The molecule has 4 heteroatoms. The molecular weight excluding hydrogens is 257 g/mol.